The Balaban J connectivity index is 1.34. The van der Waals surface area contributed by atoms with Crippen molar-refractivity contribution in [1.29, 1.82) is 0 Å². The Hall–Kier alpha value is -6.13. The summed E-state index contributed by atoms with van der Waals surface area (Å²) in [5.41, 5.74) is 4.91. The van der Waals surface area contributed by atoms with Gasteiger partial charge in [0.2, 0.25) is 12.1 Å². The predicted octanol–water partition coefficient (Wildman–Crippen LogP) is 11.0. The number of rotatable bonds is 20. The van der Waals surface area contributed by atoms with E-state index in [1.54, 1.807) is 18.2 Å². The maximum atomic E-state index is 15.1. The number of carbonyl (C=O) groups is 1. The van der Waals surface area contributed by atoms with Gasteiger partial charge in [0.25, 0.3) is 5.69 Å². The molecule has 7 unspecified atom stereocenters. The Morgan fingerprint density at radius 2 is 1.67 bits per heavy atom. The lowest BCUT2D eigenvalue weighted by Gasteiger charge is -2.59. The number of unbranched alkanes of at least 4 members (excludes halogenated alkanes) is 2. The molecule has 69 heavy (non-hydrogen) atoms. The number of aliphatic hydroxyl groups is 2. The molecule has 4 aliphatic rings. The number of non-ortho nitro benzene ring substituents is 1. The van der Waals surface area contributed by atoms with Gasteiger partial charge >= 0.3 is 6.09 Å². The van der Waals surface area contributed by atoms with Gasteiger partial charge in [-0.3, -0.25) is 15.0 Å². The fraction of sp³-hybridized carbons (Fsp3) is 0.444. The minimum atomic E-state index is -1.64. The van der Waals surface area contributed by atoms with E-state index in [4.69, 9.17) is 33.7 Å². The number of benzene rings is 4. The highest BCUT2D eigenvalue weighted by molar-refractivity contribution is 6.03. The van der Waals surface area contributed by atoms with E-state index in [-0.39, 0.29) is 62.0 Å². The molecule has 0 spiro atoms. The summed E-state index contributed by atoms with van der Waals surface area (Å²) in [5, 5.41) is 36.5. The number of aliphatic hydroxyl groups excluding tert-OH is 2. The van der Waals surface area contributed by atoms with Crippen LogP contribution in [-0.2, 0) is 20.9 Å². The smallest absolute Gasteiger partial charge is 0.416 e. The molecule has 2 aliphatic heterocycles. The molecule has 2 fully saturated rings. The summed E-state index contributed by atoms with van der Waals surface area (Å²) in [6, 6.07) is 21.8. The first kappa shape index (κ1) is 49.3. The summed E-state index contributed by atoms with van der Waals surface area (Å²) in [5.74, 6) is -1.30. The molecule has 14 nitrogen and oxygen atoms in total. The van der Waals surface area contributed by atoms with E-state index in [1.807, 2.05) is 43.3 Å². The lowest BCUT2D eigenvalue weighted by atomic mass is 9.55. The first-order valence-electron chi connectivity index (χ1n) is 24.1. The summed E-state index contributed by atoms with van der Waals surface area (Å²) in [6.45, 7) is 8.68. The quantitative estimate of drug-likeness (QED) is 0.0374. The molecule has 2 heterocycles. The van der Waals surface area contributed by atoms with Crippen LogP contribution in [0.3, 0.4) is 0 Å². The zero-order valence-electron chi connectivity index (χ0n) is 39.3. The minimum Gasteiger partial charge on any atom is -0.459 e. The van der Waals surface area contributed by atoms with Crippen molar-refractivity contribution >= 4 is 17.5 Å². The maximum Gasteiger partial charge on any atom is 0.416 e. The molecule has 15 heteroatoms. The number of halogens is 1. The van der Waals surface area contributed by atoms with Gasteiger partial charge in [-0.25, -0.2) is 9.18 Å². The monoisotopic (exact) mass is 947 g/mol. The third-order valence-corrected chi connectivity index (χ3v) is 13.9. The van der Waals surface area contributed by atoms with E-state index in [0.717, 1.165) is 60.8 Å². The zero-order chi connectivity index (χ0) is 48.5. The van der Waals surface area contributed by atoms with Crippen LogP contribution in [0.2, 0.25) is 0 Å². The number of amides is 1. The molecule has 0 radical (unpaired) electrons. The predicted molar refractivity (Wildman–Crippen MR) is 257 cm³/mol. The summed E-state index contributed by atoms with van der Waals surface area (Å²) < 4.78 is 47.7. The molecule has 4 aromatic carbocycles. The third-order valence-electron chi connectivity index (χ3n) is 13.9. The highest BCUT2D eigenvalue weighted by Gasteiger charge is 2.66. The average Bonchev–Trinajstić information content (AvgIpc) is 3.35. The zero-order valence-corrected chi connectivity index (χ0v) is 39.3. The van der Waals surface area contributed by atoms with Crippen molar-refractivity contribution in [3.8, 4) is 23.0 Å². The highest BCUT2D eigenvalue weighted by atomic mass is 19.1. The molecule has 1 saturated carbocycles. The van der Waals surface area contributed by atoms with Gasteiger partial charge < -0.3 is 38.7 Å². The maximum absolute atomic E-state index is 15.1. The second-order valence-corrected chi connectivity index (χ2v) is 18.4. The molecule has 1 saturated heterocycles. The van der Waals surface area contributed by atoms with Crippen LogP contribution >= 0.6 is 0 Å². The standard InChI is InChI=1S/C54H62FN3O11/c1-4-28-65-54-49(57(34-37-15-17-39(55)18-16-37)53(61)67-41-22-19-40(20-23-41)58(62)63)33-47(56-69-50-13-7-10-29-64-50)45-31-38(11-5-8-26-59)44(12-6-9-27-60)51(52(45)54)46-32-43(24-25-48(46)68-54)66-42-21-14-35(2)36(3)30-42/h4,14-25,30-32,38,44,49-52,59-60H,1,5-13,26-29,33-34H2,2-3H3. The number of ether oxygens (including phenoxy) is 5. The van der Waals surface area contributed by atoms with Gasteiger partial charge in [0.05, 0.1) is 29.8 Å². The minimum absolute atomic E-state index is 0.0195. The first-order chi connectivity index (χ1) is 33.5. The van der Waals surface area contributed by atoms with Gasteiger partial charge in [-0.05, 0) is 141 Å². The summed E-state index contributed by atoms with van der Waals surface area (Å²) in [7, 11) is 0. The van der Waals surface area contributed by atoms with Crippen LogP contribution in [0.15, 0.2) is 114 Å². The van der Waals surface area contributed by atoms with Gasteiger partial charge in [-0.2, -0.15) is 0 Å². The Morgan fingerprint density at radius 1 is 0.942 bits per heavy atom. The van der Waals surface area contributed by atoms with Crippen molar-refractivity contribution in [2.45, 2.75) is 109 Å². The second-order valence-electron chi connectivity index (χ2n) is 18.4. The number of carbonyl (C=O) groups excluding carboxylic acids is 1. The number of hydrogen-bond acceptors (Lipinski definition) is 12. The molecular weight excluding hydrogens is 886 g/mol. The topological polar surface area (TPSA) is 172 Å². The van der Waals surface area contributed by atoms with Crippen molar-refractivity contribution in [2.75, 3.05) is 26.4 Å². The van der Waals surface area contributed by atoms with E-state index in [0.29, 0.717) is 54.4 Å². The van der Waals surface area contributed by atoms with E-state index in [2.05, 4.69) is 19.6 Å². The molecule has 1 amide bonds. The van der Waals surface area contributed by atoms with Gasteiger partial charge in [-0.1, -0.05) is 48.3 Å². The number of nitro groups is 1. The van der Waals surface area contributed by atoms with E-state index in [9.17, 15) is 24.7 Å². The van der Waals surface area contributed by atoms with Crippen LogP contribution < -0.4 is 14.2 Å². The number of aryl methyl sites for hydroxylation is 2. The summed E-state index contributed by atoms with van der Waals surface area (Å²) >= 11 is 0. The largest absolute Gasteiger partial charge is 0.459 e. The fourth-order valence-electron chi connectivity index (χ4n) is 10.4. The third kappa shape index (κ3) is 11.2. The molecule has 0 aromatic heterocycles. The fourth-order valence-corrected chi connectivity index (χ4v) is 10.4. The highest BCUT2D eigenvalue weighted by Crippen LogP contribution is 2.62. The van der Waals surface area contributed by atoms with Crippen molar-refractivity contribution in [3.63, 3.8) is 0 Å². The Bertz CT molecular complexity index is 2490. The molecule has 2 N–H and O–H groups in total. The summed E-state index contributed by atoms with van der Waals surface area (Å²) in [4.78, 5) is 33.9. The number of fused-ring (bicyclic) bond motifs is 2. The van der Waals surface area contributed by atoms with E-state index in [1.165, 1.54) is 41.3 Å². The van der Waals surface area contributed by atoms with Crippen LogP contribution in [0, 0.1) is 47.5 Å². The van der Waals surface area contributed by atoms with Crippen molar-refractivity contribution in [3.05, 3.63) is 147 Å². The van der Waals surface area contributed by atoms with Crippen LogP contribution in [0.1, 0.15) is 92.4 Å². The van der Waals surface area contributed by atoms with E-state index < -0.39 is 40.9 Å². The van der Waals surface area contributed by atoms with Crippen LogP contribution in [0.4, 0.5) is 14.9 Å². The lowest BCUT2D eigenvalue weighted by molar-refractivity contribution is -0.384. The lowest BCUT2D eigenvalue weighted by Crippen LogP contribution is -2.70. The Morgan fingerprint density at radius 3 is 2.36 bits per heavy atom. The normalized spacial score (nSPS) is 24.2. The van der Waals surface area contributed by atoms with Gasteiger partial charge in [0.1, 0.15) is 34.9 Å². The Kier molecular flexibility index (Phi) is 16.1. The molecular formula is C54H62FN3O11. The van der Waals surface area contributed by atoms with Crippen LogP contribution in [0.25, 0.3) is 0 Å². The number of nitrogens with zero attached hydrogens (tertiary/aromatic N) is 3. The first-order valence-corrected chi connectivity index (χ1v) is 24.1. The van der Waals surface area contributed by atoms with Crippen LogP contribution in [0.5, 0.6) is 23.0 Å². The molecule has 8 rings (SSSR count). The number of allylic oxidation sites excluding steroid dienone is 1. The molecule has 366 valence electrons. The molecule has 7 atom stereocenters. The second kappa shape index (κ2) is 22.5. The SMILES string of the molecule is C=CCOC12Oc3ccc(Oc4ccc(C)c(C)c4)cc3C3C(CCCCO)C(CCCCO)C=C(C(=NOC4CCCCO4)CC1N(Cc1ccc(F)cc1)C(=O)Oc1ccc([N+](=O)[O-])cc1)C32. The Labute approximate surface area is 402 Å². The van der Waals surface area contributed by atoms with Gasteiger partial charge in [-0.15, -0.1) is 6.58 Å². The van der Waals surface area contributed by atoms with E-state index >= 15 is 4.79 Å². The van der Waals surface area contributed by atoms with Gasteiger partial charge in [0.15, 0.2) is 0 Å². The summed E-state index contributed by atoms with van der Waals surface area (Å²) in [6.07, 6.45) is 9.19. The molecule has 2 aliphatic carbocycles. The van der Waals surface area contributed by atoms with Crippen molar-refractivity contribution in [1.82, 2.24) is 4.90 Å². The van der Waals surface area contributed by atoms with Gasteiger partial charge in [0, 0.05) is 56.2 Å². The van der Waals surface area contributed by atoms with Crippen LogP contribution in [-0.4, -0.2) is 76.4 Å². The van der Waals surface area contributed by atoms with Crippen molar-refractivity contribution in [2.24, 2.45) is 22.9 Å². The van der Waals surface area contributed by atoms with Crippen molar-refractivity contribution < 1.29 is 52.8 Å². The average molecular weight is 948 g/mol. The number of hydrogen-bond donors (Lipinski definition) is 2. The molecule has 4 aromatic rings. The number of nitro benzene ring substituents is 1. The molecule has 0 bridgehead atoms. The number of oxime groups is 1.